The summed E-state index contributed by atoms with van der Waals surface area (Å²) in [6, 6.07) is 0.542. The molecule has 2 rings (SSSR count). The first-order valence-electron chi connectivity index (χ1n) is 7.31. The van der Waals surface area contributed by atoms with E-state index in [1.54, 1.807) is 6.92 Å². The summed E-state index contributed by atoms with van der Waals surface area (Å²) in [7, 11) is 0. The van der Waals surface area contributed by atoms with E-state index in [0.29, 0.717) is 11.6 Å². The molecule has 2 fully saturated rings. The van der Waals surface area contributed by atoms with Gasteiger partial charge in [0.15, 0.2) is 0 Å². The second-order valence-electron chi connectivity index (χ2n) is 5.52. The van der Waals surface area contributed by atoms with E-state index < -0.39 is 11.7 Å². The molecule has 0 N–H and O–H groups in total. The molecule has 112 valence electrons. The predicted molar refractivity (Wildman–Crippen MR) is 76.7 cm³/mol. The van der Waals surface area contributed by atoms with Crippen molar-refractivity contribution in [2.24, 2.45) is 5.92 Å². The lowest BCUT2D eigenvalue weighted by molar-refractivity contribution is 0.0415. The summed E-state index contributed by atoms with van der Waals surface area (Å²) >= 11 is 0. The quantitative estimate of drug-likeness (QED) is 0.728. The van der Waals surface area contributed by atoms with E-state index in [0.717, 1.165) is 51.6 Å². The zero-order chi connectivity index (χ0) is 14.5. The summed E-state index contributed by atoms with van der Waals surface area (Å²) in [6.45, 7) is 8.77. The molecule has 1 atom stereocenters. The fourth-order valence-electron chi connectivity index (χ4n) is 2.95. The van der Waals surface area contributed by atoms with Gasteiger partial charge in [0.1, 0.15) is 11.7 Å². The Hall–Kier alpha value is -1.00. The highest BCUT2D eigenvalue weighted by atomic mass is 19.1. The summed E-state index contributed by atoms with van der Waals surface area (Å²) in [5, 5.41) is 0. The van der Waals surface area contributed by atoms with Crippen LogP contribution < -0.4 is 0 Å². The molecule has 0 bridgehead atoms. The molecule has 0 saturated carbocycles. The van der Waals surface area contributed by atoms with E-state index in [1.807, 2.05) is 0 Å². The van der Waals surface area contributed by atoms with Crippen LogP contribution in [0.25, 0.3) is 0 Å². The van der Waals surface area contributed by atoms with Gasteiger partial charge in [0.2, 0.25) is 0 Å². The summed E-state index contributed by atoms with van der Waals surface area (Å²) in [4.78, 5) is 2.40. The minimum absolute atomic E-state index is 0.0961. The Balaban J connectivity index is 1.91. The highest BCUT2D eigenvalue weighted by Crippen LogP contribution is 2.31. The molecule has 2 heterocycles. The number of ether oxygens (including phenoxy) is 1. The van der Waals surface area contributed by atoms with Crippen LogP contribution in [0.2, 0.25) is 0 Å². The molecule has 2 saturated heterocycles. The zero-order valence-electron chi connectivity index (χ0n) is 12.1. The fourth-order valence-corrected chi connectivity index (χ4v) is 2.95. The minimum Gasteiger partial charge on any atom is -0.381 e. The standard InChI is InChI=1S/C16H23F2NO/c1-3-14(17)10-16(18)12(2)13-4-7-19(11-13)15-5-8-20-9-6-15/h3,10,13,15H,2,4-9,11H2,1H3. The summed E-state index contributed by atoms with van der Waals surface area (Å²) < 4.78 is 32.3. The molecule has 2 aliphatic rings. The average molecular weight is 283 g/mol. The van der Waals surface area contributed by atoms with Crippen molar-refractivity contribution in [1.82, 2.24) is 4.90 Å². The van der Waals surface area contributed by atoms with Gasteiger partial charge in [0, 0.05) is 37.8 Å². The van der Waals surface area contributed by atoms with Gasteiger partial charge in [-0.15, -0.1) is 0 Å². The first-order valence-corrected chi connectivity index (χ1v) is 7.31. The first-order chi connectivity index (χ1) is 9.61. The second kappa shape index (κ2) is 7.14. The van der Waals surface area contributed by atoms with Crippen molar-refractivity contribution in [3.05, 3.63) is 36.0 Å². The third-order valence-corrected chi connectivity index (χ3v) is 4.27. The Labute approximate surface area is 119 Å². The van der Waals surface area contributed by atoms with Gasteiger partial charge in [-0.3, -0.25) is 4.90 Å². The maximum atomic E-state index is 13.9. The normalized spacial score (nSPS) is 27.1. The van der Waals surface area contributed by atoms with Crippen molar-refractivity contribution in [1.29, 1.82) is 0 Å². The summed E-state index contributed by atoms with van der Waals surface area (Å²) in [5.41, 5.74) is 0.427. The SMILES string of the molecule is C=C(C(F)=CC(F)=CC)C1CCN(C2CCOCC2)C1. The Morgan fingerprint density at radius 3 is 2.60 bits per heavy atom. The molecule has 0 amide bonds. The van der Waals surface area contributed by atoms with Crippen molar-refractivity contribution in [2.45, 2.75) is 32.2 Å². The van der Waals surface area contributed by atoms with Gasteiger partial charge in [-0.05, 0) is 38.3 Å². The molecule has 20 heavy (non-hydrogen) atoms. The first kappa shape index (κ1) is 15.4. The van der Waals surface area contributed by atoms with Gasteiger partial charge in [-0.25, -0.2) is 8.78 Å². The van der Waals surface area contributed by atoms with E-state index in [1.165, 1.54) is 6.08 Å². The molecule has 0 aromatic carbocycles. The molecule has 0 aliphatic carbocycles. The predicted octanol–water partition coefficient (Wildman–Crippen LogP) is 3.77. The van der Waals surface area contributed by atoms with Crippen LogP contribution in [0.4, 0.5) is 8.78 Å². The molecule has 0 aromatic rings. The minimum atomic E-state index is -0.553. The average Bonchev–Trinajstić information content (AvgIpc) is 2.97. The van der Waals surface area contributed by atoms with E-state index in [4.69, 9.17) is 4.74 Å². The van der Waals surface area contributed by atoms with E-state index in [9.17, 15) is 8.78 Å². The van der Waals surface area contributed by atoms with Gasteiger partial charge >= 0.3 is 0 Å². The van der Waals surface area contributed by atoms with Crippen LogP contribution in [0.5, 0.6) is 0 Å². The molecule has 0 spiro atoms. The molecule has 1 unspecified atom stereocenters. The lowest BCUT2D eigenvalue weighted by Crippen LogP contribution is -2.37. The number of allylic oxidation sites excluding steroid dienone is 4. The van der Waals surface area contributed by atoms with Crippen LogP contribution in [0, 0.1) is 5.92 Å². The highest BCUT2D eigenvalue weighted by Gasteiger charge is 2.31. The van der Waals surface area contributed by atoms with Crippen molar-refractivity contribution < 1.29 is 13.5 Å². The summed E-state index contributed by atoms with van der Waals surface area (Å²) in [5.74, 6) is -0.985. The van der Waals surface area contributed by atoms with Crippen LogP contribution in [-0.4, -0.2) is 37.2 Å². The Morgan fingerprint density at radius 1 is 1.25 bits per heavy atom. The van der Waals surface area contributed by atoms with Gasteiger partial charge in [0.05, 0.1) is 0 Å². The van der Waals surface area contributed by atoms with Crippen LogP contribution in [0.15, 0.2) is 36.0 Å². The van der Waals surface area contributed by atoms with E-state index in [-0.39, 0.29) is 5.92 Å². The number of rotatable bonds is 4. The number of likely N-dealkylation sites (tertiary alicyclic amines) is 1. The largest absolute Gasteiger partial charge is 0.381 e. The van der Waals surface area contributed by atoms with E-state index >= 15 is 0 Å². The van der Waals surface area contributed by atoms with Crippen LogP contribution >= 0.6 is 0 Å². The Bertz CT molecular complexity index is 411. The van der Waals surface area contributed by atoms with Crippen molar-refractivity contribution in [2.75, 3.05) is 26.3 Å². The lowest BCUT2D eigenvalue weighted by Gasteiger charge is -2.31. The lowest BCUT2D eigenvalue weighted by atomic mass is 9.98. The number of nitrogens with zero attached hydrogens (tertiary/aromatic N) is 1. The Morgan fingerprint density at radius 2 is 1.95 bits per heavy atom. The molecule has 2 aliphatic heterocycles. The topological polar surface area (TPSA) is 12.5 Å². The monoisotopic (exact) mass is 283 g/mol. The molecule has 0 radical (unpaired) electrons. The van der Waals surface area contributed by atoms with Crippen molar-refractivity contribution >= 4 is 0 Å². The van der Waals surface area contributed by atoms with Crippen LogP contribution in [0.3, 0.4) is 0 Å². The molecule has 0 aromatic heterocycles. The van der Waals surface area contributed by atoms with Crippen LogP contribution in [0.1, 0.15) is 26.2 Å². The summed E-state index contributed by atoms with van der Waals surface area (Å²) in [6.07, 6.45) is 5.17. The smallest absolute Gasteiger partial charge is 0.129 e. The van der Waals surface area contributed by atoms with Gasteiger partial charge in [-0.1, -0.05) is 12.7 Å². The van der Waals surface area contributed by atoms with Gasteiger partial charge < -0.3 is 4.74 Å². The fraction of sp³-hybridized carbons (Fsp3) is 0.625. The number of hydrogen-bond acceptors (Lipinski definition) is 2. The van der Waals surface area contributed by atoms with Crippen molar-refractivity contribution in [3.8, 4) is 0 Å². The second-order valence-corrected chi connectivity index (χ2v) is 5.52. The number of hydrogen-bond donors (Lipinski definition) is 0. The third kappa shape index (κ3) is 3.76. The third-order valence-electron chi connectivity index (χ3n) is 4.27. The Kier molecular flexibility index (Phi) is 5.49. The maximum Gasteiger partial charge on any atom is 0.129 e. The maximum absolute atomic E-state index is 13.9. The van der Waals surface area contributed by atoms with Gasteiger partial charge in [0.25, 0.3) is 0 Å². The number of halogens is 2. The molecular weight excluding hydrogens is 260 g/mol. The molecule has 2 nitrogen and oxygen atoms in total. The van der Waals surface area contributed by atoms with Gasteiger partial charge in [-0.2, -0.15) is 0 Å². The molecular formula is C16H23F2NO. The van der Waals surface area contributed by atoms with Crippen molar-refractivity contribution in [3.63, 3.8) is 0 Å². The highest BCUT2D eigenvalue weighted by molar-refractivity contribution is 5.31. The van der Waals surface area contributed by atoms with E-state index in [2.05, 4.69) is 11.5 Å². The zero-order valence-corrected chi connectivity index (χ0v) is 12.1. The molecule has 4 heteroatoms. The van der Waals surface area contributed by atoms with Crippen LogP contribution in [-0.2, 0) is 4.74 Å².